The number of rotatable bonds is 3. The van der Waals surface area contributed by atoms with Gasteiger partial charge < -0.3 is 0 Å². The molecule has 0 saturated carbocycles. The van der Waals surface area contributed by atoms with Crippen molar-refractivity contribution in [3.63, 3.8) is 0 Å². The van der Waals surface area contributed by atoms with Gasteiger partial charge in [0.15, 0.2) is 5.65 Å². The molecule has 0 radical (unpaired) electrons. The van der Waals surface area contributed by atoms with Crippen molar-refractivity contribution in [3.8, 4) is 5.69 Å². The molecular formula is C14H13BrCl2N4. The van der Waals surface area contributed by atoms with Crippen LogP contribution in [0.15, 0.2) is 22.7 Å². The molecule has 110 valence electrons. The monoisotopic (exact) mass is 386 g/mol. The number of imidazole rings is 1. The molecule has 0 amide bonds. The zero-order valence-corrected chi connectivity index (χ0v) is 14.7. The third-order valence-corrected chi connectivity index (χ3v) is 4.41. The van der Waals surface area contributed by atoms with Crippen LogP contribution in [-0.4, -0.2) is 19.3 Å². The number of alkyl halides is 1. The van der Waals surface area contributed by atoms with Crippen molar-refractivity contribution in [2.24, 2.45) is 7.05 Å². The van der Waals surface area contributed by atoms with Crippen molar-refractivity contribution in [1.82, 2.24) is 19.3 Å². The molecule has 3 aromatic rings. The van der Waals surface area contributed by atoms with E-state index < -0.39 is 0 Å². The molecule has 0 aliphatic heterocycles. The maximum Gasteiger partial charge on any atom is 0.163 e. The quantitative estimate of drug-likeness (QED) is 0.621. The second-order valence-electron chi connectivity index (χ2n) is 4.69. The van der Waals surface area contributed by atoms with E-state index in [-0.39, 0.29) is 0 Å². The Hall–Kier alpha value is -1.04. The molecule has 2 aromatic heterocycles. The minimum absolute atomic E-state index is 0.310. The van der Waals surface area contributed by atoms with E-state index in [1.54, 1.807) is 0 Å². The van der Waals surface area contributed by atoms with Gasteiger partial charge in [-0.15, -0.1) is 11.6 Å². The summed E-state index contributed by atoms with van der Waals surface area (Å²) in [7, 11) is 1.91. The molecule has 3 rings (SSSR count). The molecule has 0 unspecified atom stereocenters. The van der Waals surface area contributed by atoms with E-state index in [4.69, 9.17) is 23.2 Å². The Bertz CT molecular complexity index is 822. The van der Waals surface area contributed by atoms with E-state index in [1.807, 2.05) is 34.5 Å². The van der Waals surface area contributed by atoms with Crippen LogP contribution in [0.5, 0.6) is 0 Å². The first-order valence-electron chi connectivity index (χ1n) is 6.51. The number of hydrogen-bond donors (Lipinski definition) is 0. The van der Waals surface area contributed by atoms with Crippen molar-refractivity contribution in [1.29, 1.82) is 0 Å². The van der Waals surface area contributed by atoms with Crippen molar-refractivity contribution in [2.75, 3.05) is 0 Å². The van der Waals surface area contributed by atoms with Crippen LogP contribution in [0.2, 0.25) is 5.02 Å². The molecule has 21 heavy (non-hydrogen) atoms. The first kappa shape index (κ1) is 14.9. The van der Waals surface area contributed by atoms with Crippen LogP contribution in [0.4, 0.5) is 0 Å². The lowest BCUT2D eigenvalue weighted by Gasteiger charge is -2.10. The number of aromatic nitrogens is 4. The van der Waals surface area contributed by atoms with E-state index in [0.29, 0.717) is 10.9 Å². The van der Waals surface area contributed by atoms with Gasteiger partial charge in [0.1, 0.15) is 11.3 Å². The van der Waals surface area contributed by atoms with Gasteiger partial charge in [0.2, 0.25) is 0 Å². The van der Waals surface area contributed by atoms with Crippen LogP contribution in [0.3, 0.4) is 0 Å². The Kier molecular flexibility index (Phi) is 3.99. The molecule has 0 N–H and O–H groups in total. The minimum atomic E-state index is 0.310. The van der Waals surface area contributed by atoms with Gasteiger partial charge in [-0.1, -0.05) is 34.5 Å². The second-order valence-corrected chi connectivity index (χ2v) is 6.28. The molecule has 0 fully saturated rings. The smallest absolute Gasteiger partial charge is 0.163 e. The summed E-state index contributed by atoms with van der Waals surface area (Å²) in [6.07, 6.45) is 0.824. The van der Waals surface area contributed by atoms with Crippen LogP contribution >= 0.6 is 39.1 Å². The lowest BCUT2D eigenvalue weighted by molar-refractivity contribution is 0.744. The Morgan fingerprint density at radius 2 is 2.10 bits per heavy atom. The average Bonchev–Trinajstić information content (AvgIpc) is 2.97. The molecular weight excluding hydrogens is 375 g/mol. The van der Waals surface area contributed by atoms with Crippen molar-refractivity contribution >= 4 is 50.3 Å². The normalized spacial score (nSPS) is 11.5. The average molecular weight is 388 g/mol. The van der Waals surface area contributed by atoms with Crippen molar-refractivity contribution in [2.45, 2.75) is 19.2 Å². The summed E-state index contributed by atoms with van der Waals surface area (Å²) >= 11 is 15.9. The van der Waals surface area contributed by atoms with Gasteiger partial charge in [-0.25, -0.2) is 9.67 Å². The Labute approximate surface area is 140 Å². The highest BCUT2D eigenvalue weighted by Crippen LogP contribution is 2.30. The first-order valence-corrected chi connectivity index (χ1v) is 8.22. The summed E-state index contributed by atoms with van der Waals surface area (Å²) in [6, 6.07) is 5.75. The Morgan fingerprint density at radius 1 is 1.33 bits per heavy atom. The third-order valence-electron chi connectivity index (χ3n) is 3.38. The highest BCUT2D eigenvalue weighted by atomic mass is 79.9. The van der Waals surface area contributed by atoms with Crippen LogP contribution in [0, 0.1) is 0 Å². The van der Waals surface area contributed by atoms with Crippen LogP contribution in [0.1, 0.15) is 18.4 Å². The number of halogens is 3. The van der Waals surface area contributed by atoms with Gasteiger partial charge in [-0.05, 0) is 24.6 Å². The molecule has 0 spiro atoms. The van der Waals surface area contributed by atoms with Gasteiger partial charge in [0.05, 0.1) is 22.3 Å². The zero-order valence-electron chi connectivity index (χ0n) is 11.6. The molecule has 1 aromatic carbocycles. The summed E-state index contributed by atoms with van der Waals surface area (Å²) in [4.78, 5) is 4.64. The van der Waals surface area contributed by atoms with Gasteiger partial charge in [0, 0.05) is 11.5 Å². The fourth-order valence-corrected chi connectivity index (χ4v) is 3.41. The van der Waals surface area contributed by atoms with E-state index in [2.05, 4.69) is 32.9 Å². The second kappa shape index (κ2) is 5.63. The SMILES string of the molecule is CCc1nn(C)c2c1nc(CCl)n2-c1ccc(Br)cc1Cl. The van der Waals surface area contributed by atoms with Crippen molar-refractivity contribution in [3.05, 3.63) is 39.2 Å². The number of nitrogens with zero attached hydrogens (tertiary/aromatic N) is 4. The molecule has 0 aliphatic carbocycles. The van der Waals surface area contributed by atoms with Gasteiger partial charge in [-0.2, -0.15) is 5.10 Å². The van der Waals surface area contributed by atoms with Gasteiger partial charge in [-0.3, -0.25) is 4.57 Å². The topological polar surface area (TPSA) is 35.6 Å². The number of aryl methyl sites for hydroxylation is 2. The standard InChI is InChI=1S/C14H13BrCl2N4/c1-3-10-13-14(20(2)19-10)21(12(7-16)18-13)11-5-4-8(15)6-9(11)17/h4-6H,3,7H2,1-2H3. The van der Waals surface area contributed by atoms with E-state index >= 15 is 0 Å². The summed E-state index contributed by atoms with van der Waals surface area (Å²) in [6.45, 7) is 2.06. The summed E-state index contributed by atoms with van der Waals surface area (Å²) < 4.78 is 4.73. The summed E-state index contributed by atoms with van der Waals surface area (Å²) in [5.74, 6) is 1.07. The van der Waals surface area contributed by atoms with Crippen LogP contribution < -0.4 is 0 Å². The van der Waals surface area contributed by atoms with E-state index in [9.17, 15) is 0 Å². The predicted molar refractivity (Wildman–Crippen MR) is 89.5 cm³/mol. The zero-order chi connectivity index (χ0) is 15.1. The Balaban J connectivity index is 2.37. The molecule has 0 atom stereocenters. The highest BCUT2D eigenvalue weighted by Gasteiger charge is 2.20. The predicted octanol–water partition coefficient (Wildman–Crippen LogP) is 4.48. The highest BCUT2D eigenvalue weighted by molar-refractivity contribution is 9.10. The molecule has 0 aliphatic rings. The van der Waals surface area contributed by atoms with Crippen molar-refractivity contribution < 1.29 is 0 Å². The van der Waals surface area contributed by atoms with E-state index in [1.165, 1.54) is 0 Å². The number of fused-ring (bicyclic) bond motifs is 1. The summed E-state index contributed by atoms with van der Waals surface area (Å²) in [5, 5.41) is 5.15. The largest absolute Gasteiger partial charge is 0.278 e. The van der Waals surface area contributed by atoms with E-state index in [0.717, 1.165) is 39.3 Å². The molecule has 7 heteroatoms. The van der Waals surface area contributed by atoms with Crippen LogP contribution in [0.25, 0.3) is 16.9 Å². The maximum absolute atomic E-state index is 6.39. The van der Waals surface area contributed by atoms with Gasteiger partial charge in [0.25, 0.3) is 0 Å². The lowest BCUT2D eigenvalue weighted by Crippen LogP contribution is -2.05. The molecule has 2 heterocycles. The molecule has 0 saturated heterocycles. The molecule has 4 nitrogen and oxygen atoms in total. The fraction of sp³-hybridized carbons (Fsp3) is 0.286. The first-order chi connectivity index (χ1) is 10.1. The summed E-state index contributed by atoms with van der Waals surface area (Å²) in [5.41, 5.74) is 3.61. The maximum atomic E-state index is 6.39. The minimum Gasteiger partial charge on any atom is -0.278 e. The third kappa shape index (κ3) is 2.37. The fourth-order valence-electron chi connectivity index (χ4n) is 2.47. The van der Waals surface area contributed by atoms with Crippen LogP contribution in [-0.2, 0) is 19.3 Å². The number of benzene rings is 1. The number of hydrogen-bond acceptors (Lipinski definition) is 2. The molecule has 0 bridgehead atoms. The lowest BCUT2D eigenvalue weighted by atomic mass is 10.3. The Morgan fingerprint density at radius 3 is 2.71 bits per heavy atom. The van der Waals surface area contributed by atoms with Gasteiger partial charge >= 0.3 is 0 Å².